The van der Waals surface area contributed by atoms with Crippen LogP contribution in [-0.2, 0) is 28.7 Å². The average Bonchev–Trinajstić information content (AvgIpc) is 3.61. The molecule has 0 bridgehead atoms. The molecule has 3 aliphatic rings. The van der Waals surface area contributed by atoms with Crippen LogP contribution in [-0.4, -0.2) is 48.4 Å². The number of fused-ring (bicyclic) bond motifs is 2. The van der Waals surface area contributed by atoms with Gasteiger partial charge in [-0.3, -0.25) is 19.2 Å². The zero-order valence-electron chi connectivity index (χ0n) is 25.1. The molecule has 1 aliphatic heterocycles. The minimum absolute atomic E-state index is 0.113. The summed E-state index contributed by atoms with van der Waals surface area (Å²) in [7, 11) is 0. The van der Waals surface area contributed by atoms with Crippen LogP contribution in [0.4, 0.5) is 0 Å². The summed E-state index contributed by atoms with van der Waals surface area (Å²) < 4.78 is 10.9. The Balaban J connectivity index is 1.54. The minimum Gasteiger partial charge on any atom is -0.466 e. The maximum absolute atomic E-state index is 12.2. The molecule has 2 aliphatic carbocycles. The first-order valence-corrected chi connectivity index (χ1v) is 14.8. The zero-order chi connectivity index (χ0) is 29.5. The normalized spacial score (nSPS) is 33.9. The number of carbonyl (C=O) groups excluding carboxylic acids is 4. The van der Waals surface area contributed by atoms with Gasteiger partial charge in [0.25, 0.3) is 0 Å². The lowest BCUT2D eigenvalue weighted by Gasteiger charge is -2.07. The number of nitrogens with zero attached hydrogens (tertiary/aromatic N) is 2. The SMILES string of the molecule is C/C1=N/NC(=O)CCCC(=O)N/N=C(/C)C[C@H]2[C@@H](CCOC(=O)CCCC(=O)OCC[C@@H]3[C@H](C1)C3(C)C)C2(C)C. The van der Waals surface area contributed by atoms with Gasteiger partial charge in [-0.25, -0.2) is 10.9 Å². The molecule has 10 heteroatoms. The van der Waals surface area contributed by atoms with Crippen LogP contribution in [0.2, 0.25) is 0 Å². The van der Waals surface area contributed by atoms with E-state index in [9.17, 15) is 19.2 Å². The molecule has 4 atom stereocenters. The van der Waals surface area contributed by atoms with Crippen LogP contribution in [0, 0.1) is 34.5 Å². The third-order valence-electron chi connectivity index (χ3n) is 9.30. The summed E-state index contributed by atoms with van der Waals surface area (Å²) in [6, 6.07) is 0. The highest BCUT2D eigenvalue weighted by atomic mass is 16.5. The van der Waals surface area contributed by atoms with Crippen molar-refractivity contribution in [1.82, 2.24) is 10.9 Å². The first kappa shape index (κ1) is 31.7. The van der Waals surface area contributed by atoms with Gasteiger partial charge in [-0.05, 0) is 86.9 Å². The third-order valence-corrected chi connectivity index (χ3v) is 9.30. The summed E-state index contributed by atoms with van der Waals surface area (Å²) in [6.07, 6.45) is 4.69. The largest absolute Gasteiger partial charge is 0.466 e. The zero-order valence-corrected chi connectivity index (χ0v) is 25.1. The Kier molecular flexibility index (Phi) is 10.9. The summed E-state index contributed by atoms with van der Waals surface area (Å²) in [4.78, 5) is 48.7. The van der Waals surface area contributed by atoms with Gasteiger partial charge in [0, 0.05) is 37.1 Å². The van der Waals surface area contributed by atoms with Crippen LogP contribution in [0.3, 0.4) is 0 Å². The molecule has 2 amide bonds. The second-order valence-electron chi connectivity index (χ2n) is 13.0. The highest BCUT2D eigenvalue weighted by Crippen LogP contribution is 2.62. The molecule has 40 heavy (non-hydrogen) atoms. The quantitative estimate of drug-likeness (QED) is 0.418. The van der Waals surface area contributed by atoms with Gasteiger partial charge in [-0.2, -0.15) is 10.2 Å². The van der Waals surface area contributed by atoms with Crippen LogP contribution in [0.15, 0.2) is 10.2 Å². The lowest BCUT2D eigenvalue weighted by atomic mass is 10.1. The van der Waals surface area contributed by atoms with E-state index in [1.807, 2.05) is 13.8 Å². The predicted octanol–water partition coefficient (Wildman–Crippen LogP) is 4.52. The van der Waals surface area contributed by atoms with E-state index in [4.69, 9.17) is 9.47 Å². The van der Waals surface area contributed by atoms with E-state index in [0.717, 1.165) is 37.1 Å². The highest BCUT2D eigenvalue weighted by Gasteiger charge is 2.57. The van der Waals surface area contributed by atoms with E-state index in [1.54, 1.807) is 0 Å². The van der Waals surface area contributed by atoms with Gasteiger partial charge in [0.1, 0.15) is 0 Å². The van der Waals surface area contributed by atoms with Crippen molar-refractivity contribution < 1.29 is 28.7 Å². The second kappa shape index (κ2) is 13.7. The Hall–Kier alpha value is -2.78. The number of hydrazone groups is 2. The summed E-state index contributed by atoms with van der Waals surface area (Å²) >= 11 is 0. The molecule has 0 radical (unpaired) electrons. The van der Waals surface area contributed by atoms with E-state index in [2.05, 4.69) is 48.7 Å². The van der Waals surface area contributed by atoms with E-state index < -0.39 is 0 Å². The Morgan fingerprint density at radius 2 is 1.00 bits per heavy atom. The molecule has 1 heterocycles. The topological polar surface area (TPSA) is 136 Å². The van der Waals surface area contributed by atoms with Gasteiger partial charge in [-0.1, -0.05) is 27.7 Å². The van der Waals surface area contributed by atoms with Crippen LogP contribution in [0.5, 0.6) is 0 Å². The van der Waals surface area contributed by atoms with Crippen molar-refractivity contribution >= 4 is 35.2 Å². The Morgan fingerprint density at radius 1 is 0.625 bits per heavy atom. The van der Waals surface area contributed by atoms with Crippen molar-refractivity contribution in [1.29, 1.82) is 0 Å². The van der Waals surface area contributed by atoms with Gasteiger partial charge >= 0.3 is 11.9 Å². The molecule has 2 fully saturated rings. The summed E-state index contributed by atoms with van der Waals surface area (Å²) in [5.74, 6) is 0.611. The summed E-state index contributed by atoms with van der Waals surface area (Å²) in [5, 5.41) is 8.51. The number of rotatable bonds is 0. The van der Waals surface area contributed by atoms with Gasteiger partial charge in [-0.15, -0.1) is 0 Å². The molecule has 10 nitrogen and oxygen atoms in total. The number of amides is 2. The molecular formula is C30H48N4O6. The molecule has 0 saturated heterocycles. The number of esters is 2. The van der Waals surface area contributed by atoms with Gasteiger partial charge in [0.2, 0.25) is 11.8 Å². The maximum atomic E-state index is 12.2. The third kappa shape index (κ3) is 9.13. The van der Waals surface area contributed by atoms with E-state index in [-0.39, 0.29) is 60.3 Å². The standard InChI is InChI=1S/C30H48N4O6/c1-19-17-23-21(29(23,3)4)13-15-39-27(37)11-8-12-28(38)40-16-14-22-24(30(22,5)6)18-20(2)32-34-26(36)10-7-9-25(35)33-31-19/h21-24H,7-18H2,1-6H3,(H,33,35)(H,34,36)/b31-19-,32-20-/t21-,22-,23+,24+/m1/s1. The van der Waals surface area contributed by atoms with Gasteiger partial charge < -0.3 is 9.47 Å². The molecule has 0 aromatic rings. The molecule has 2 saturated carbocycles. The molecule has 0 spiro atoms. The molecule has 224 valence electrons. The van der Waals surface area contributed by atoms with Gasteiger partial charge in [0.15, 0.2) is 0 Å². The van der Waals surface area contributed by atoms with Crippen LogP contribution in [0.1, 0.15) is 106 Å². The monoisotopic (exact) mass is 560 g/mol. The second-order valence-corrected chi connectivity index (χ2v) is 13.0. The Labute approximate surface area is 238 Å². The lowest BCUT2D eigenvalue weighted by molar-refractivity contribution is -0.145. The number of cyclic esters (lactones) is 2. The maximum Gasteiger partial charge on any atom is 0.305 e. The number of ether oxygens (including phenoxy) is 2. The van der Waals surface area contributed by atoms with E-state index in [1.165, 1.54) is 0 Å². The molecule has 0 unspecified atom stereocenters. The molecule has 0 aromatic heterocycles. The van der Waals surface area contributed by atoms with Crippen LogP contribution in [0.25, 0.3) is 0 Å². The van der Waals surface area contributed by atoms with Crippen molar-refractivity contribution in [3.8, 4) is 0 Å². The lowest BCUT2D eigenvalue weighted by Crippen LogP contribution is -2.22. The fourth-order valence-electron chi connectivity index (χ4n) is 6.36. The van der Waals surface area contributed by atoms with Crippen LogP contribution >= 0.6 is 0 Å². The summed E-state index contributed by atoms with van der Waals surface area (Å²) in [5.41, 5.74) is 7.12. The smallest absolute Gasteiger partial charge is 0.305 e. The summed E-state index contributed by atoms with van der Waals surface area (Å²) in [6.45, 7) is 13.3. The predicted molar refractivity (Wildman–Crippen MR) is 152 cm³/mol. The van der Waals surface area contributed by atoms with Crippen molar-refractivity contribution in [2.24, 2.45) is 44.7 Å². The van der Waals surface area contributed by atoms with Crippen LogP contribution < -0.4 is 10.9 Å². The minimum atomic E-state index is -0.285. The number of hydrogen-bond donors (Lipinski definition) is 2. The first-order chi connectivity index (χ1) is 18.8. The van der Waals surface area contributed by atoms with Crippen molar-refractivity contribution in [3.63, 3.8) is 0 Å². The molecule has 3 rings (SSSR count). The first-order valence-electron chi connectivity index (χ1n) is 14.8. The van der Waals surface area contributed by atoms with Crippen molar-refractivity contribution in [2.45, 2.75) is 106 Å². The fourth-order valence-corrected chi connectivity index (χ4v) is 6.36. The van der Waals surface area contributed by atoms with Gasteiger partial charge in [0.05, 0.1) is 13.2 Å². The molecule has 2 N–H and O–H groups in total. The fraction of sp³-hybridized carbons (Fsp3) is 0.800. The number of nitrogens with one attached hydrogen (secondary N) is 2. The molecule has 0 aromatic carbocycles. The number of hydrogen-bond acceptors (Lipinski definition) is 8. The van der Waals surface area contributed by atoms with E-state index in [0.29, 0.717) is 49.7 Å². The van der Waals surface area contributed by atoms with Crippen molar-refractivity contribution in [3.05, 3.63) is 0 Å². The molecular weight excluding hydrogens is 512 g/mol. The Bertz CT molecular complexity index is 940. The van der Waals surface area contributed by atoms with Crippen molar-refractivity contribution in [2.75, 3.05) is 13.2 Å². The number of carbonyl (C=O) groups is 4. The average molecular weight is 561 g/mol. The Morgan fingerprint density at radius 3 is 1.40 bits per heavy atom. The highest BCUT2D eigenvalue weighted by molar-refractivity contribution is 5.86. The van der Waals surface area contributed by atoms with E-state index >= 15 is 0 Å².